The van der Waals surface area contributed by atoms with E-state index in [0.717, 1.165) is 43.3 Å². The van der Waals surface area contributed by atoms with Crippen LogP contribution in [0.25, 0.3) is 11.4 Å². The molecule has 7 nitrogen and oxygen atoms in total. The van der Waals surface area contributed by atoms with Gasteiger partial charge in [-0.2, -0.15) is 5.10 Å². The minimum Gasteiger partial charge on any atom is -0.381 e. The van der Waals surface area contributed by atoms with Crippen LogP contribution >= 0.6 is 0 Å². The second-order valence-corrected chi connectivity index (χ2v) is 8.35. The van der Waals surface area contributed by atoms with Crippen molar-refractivity contribution in [1.29, 1.82) is 0 Å². The predicted octanol–water partition coefficient (Wildman–Crippen LogP) is 4.13. The Kier molecular flexibility index (Phi) is 7.24. The molecule has 0 saturated carbocycles. The fourth-order valence-corrected chi connectivity index (χ4v) is 3.88. The van der Waals surface area contributed by atoms with Crippen molar-refractivity contribution in [3.8, 4) is 11.4 Å². The molecule has 3 rings (SSSR count). The molecule has 1 aliphatic heterocycles. The van der Waals surface area contributed by atoms with Gasteiger partial charge < -0.3 is 14.4 Å². The van der Waals surface area contributed by atoms with Crippen molar-refractivity contribution in [2.24, 2.45) is 11.8 Å². The second-order valence-electron chi connectivity index (χ2n) is 8.35. The van der Waals surface area contributed by atoms with Crippen molar-refractivity contribution < 1.29 is 9.47 Å². The third-order valence-electron chi connectivity index (χ3n) is 5.66. The van der Waals surface area contributed by atoms with Gasteiger partial charge >= 0.3 is 0 Å². The molecule has 0 aliphatic carbocycles. The second kappa shape index (κ2) is 9.67. The largest absolute Gasteiger partial charge is 0.381 e. The minimum absolute atomic E-state index is 0.0856. The van der Waals surface area contributed by atoms with Crippen LogP contribution in [0, 0.1) is 11.8 Å². The van der Waals surface area contributed by atoms with Gasteiger partial charge in [0.2, 0.25) is 0 Å². The smallest absolute Gasteiger partial charge is 0.183 e. The van der Waals surface area contributed by atoms with Crippen LogP contribution in [0.5, 0.6) is 0 Å². The SMILES string of the molecule is CCOC(c1nc(-c2ccc(N(C)C)nc2)nn1C(C)C1CCOCC1)C(C)C. The monoisotopic (exact) mass is 401 g/mol. The first-order valence-corrected chi connectivity index (χ1v) is 10.7. The zero-order valence-corrected chi connectivity index (χ0v) is 18.6. The molecule has 29 heavy (non-hydrogen) atoms. The normalized spacial score (nSPS) is 17.5. The van der Waals surface area contributed by atoms with Crippen LogP contribution in [-0.4, -0.2) is 53.7 Å². The lowest BCUT2D eigenvalue weighted by atomic mass is 9.92. The van der Waals surface area contributed by atoms with E-state index in [0.29, 0.717) is 24.3 Å². The van der Waals surface area contributed by atoms with Gasteiger partial charge in [-0.15, -0.1) is 0 Å². The lowest BCUT2D eigenvalue weighted by molar-refractivity contribution is 0.0138. The molecular weight excluding hydrogens is 366 g/mol. The Balaban J connectivity index is 1.99. The van der Waals surface area contributed by atoms with Crippen LogP contribution in [-0.2, 0) is 9.47 Å². The molecule has 1 fully saturated rings. The van der Waals surface area contributed by atoms with E-state index >= 15 is 0 Å². The van der Waals surface area contributed by atoms with Gasteiger partial charge in [0.25, 0.3) is 0 Å². The number of hydrogen-bond donors (Lipinski definition) is 0. The molecule has 1 saturated heterocycles. The average molecular weight is 402 g/mol. The van der Waals surface area contributed by atoms with Crippen LogP contribution in [0.1, 0.15) is 58.5 Å². The topological polar surface area (TPSA) is 65.3 Å². The van der Waals surface area contributed by atoms with E-state index in [-0.39, 0.29) is 12.1 Å². The van der Waals surface area contributed by atoms with Gasteiger partial charge in [-0.25, -0.2) is 14.6 Å². The Morgan fingerprint density at radius 3 is 2.48 bits per heavy atom. The molecule has 2 aromatic heterocycles. The number of ether oxygens (including phenoxy) is 2. The van der Waals surface area contributed by atoms with Gasteiger partial charge in [0.15, 0.2) is 11.6 Å². The van der Waals surface area contributed by atoms with E-state index in [4.69, 9.17) is 19.6 Å². The molecule has 0 spiro atoms. The molecule has 160 valence electrons. The quantitative estimate of drug-likeness (QED) is 0.663. The first-order valence-electron chi connectivity index (χ1n) is 10.7. The number of nitrogens with zero attached hydrogens (tertiary/aromatic N) is 5. The lowest BCUT2D eigenvalue weighted by Gasteiger charge is -2.30. The van der Waals surface area contributed by atoms with Gasteiger partial charge in [-0.1, -0.05) is 13.8 Å². The summed E-state index contributed by atoms with van der Waals surface area (Å²) in [6, 6.07) is 4.28. The molecule has 2 aromatic rings. The summed E-state index contributed by atoms with van der Waals surface area (Å²) in [6.07, 6.45) is 3.87. The number of rotatable bonds is 8. The van der Waals surface area contributed by atoms with Crippen LogP contribution in [0.15, 0.2) is 18.3 Å². The molecule has 2 unspecified atom stereocenters. The fraction of sp³-hybridized carbons (Fsp3) is 0.682. The van der Waals surface area contributed by atoms with Gasteiger partial charge in [0.05, 0.1) is 6.04 Å². The molecule has 0 radical (unpaired) electrons. The number of aromatic nitrogens is 4. The zero-order chi connectivity index (χ0) is 21.0. The third-order valence-corrected chi connectivity index (χ3v) is 5.66. The maximum atomic E-state index is 6.10. The van der Waals surface area contributed by atoms with E-state index < -0.39 is 0 Å². The van der Waals surface area contributed by atoms with Crippen molar-refractivity contribution in [2.75, 3.05) is 38.8 Å². The summed E-state index contributed by atoms with van der Waals surface area (Å²) in [4.78, 5) is 11.5. The van der Waals surface area contributed by atoms with Crippen molar-refractivity contribution in [1.82, 2.24) is 19.7 Å². The third kappa shape index (κ3) is 4.95. The Bertz CT molecular complexity index is 766. The maximum absolute atomic E-state index is 6.10. The van der Waals surface area contributed by atoms with Gasteiger partial charge in [0.1, 0.15) is 11.9 Å². The zero-order valence-electron chi connectivity index (χ0n) is 18.6. The summed E-state index contributed by atoms with van der Waals surface area (Å²) in [6.45, 7) is 10.9. The summed E-state index contributed by atoms with van der Waals surface area (Å²) < 4.78 is 13.8. The highest BCUT2D eigenvalue weighted by molar-refractivity contribution is 5.56. The van der Waals surface area contributed by atoms with Gasteiger partial charge in [-0.3, -0.25) is 0 Å². The Morgan fingerprint density at radius 2 is 1.93 bits per heavy atom. The van der Waals surface area contributed by atoms with E-state index in [1.165, 1.54) is 0 Å². The molecular formula is C22H35N5O2. The molecule has 7 heteroatoms. The van der Waals surface area contributed by atoms with Gasteiger partial charge in [-0.05, 0) is 50.7 Å². The first kappa shape index (κ1) is 21.7. The highest BCUT2D eigenvalue weighted by Crippen LogP contribution is 2.33. The minimum atomic E-state index is -0.0856. The summed E-state index contributed by atoms with van der Waals surface area (Å²) >= 11 is 0. The Morgan fingerprint density at radius 1 is 1.21 bits per heavy atom. The van der Waals surface area contributed by atoms with Crippen LogP contribution in [0.2, 0.25) is 0 Å². The van der Waals surface area contributed by atoms with Gasteiger partial charge in [0, 0.05) is 45.7 Å². The number of anilines is 1. The fourth-order valence-electron chi connectivity index (χ4n) is 3.88. The summed E-state index contributed by atoms with van der Waals surface area (Å²) in [5.74, 6) is 3.37. The summed E-state index contributed by atoms with van der Waals surface area (Å²) in [5, 5.41) is 4.95. The first-order chi connectivity index (χ1) is 13.9. The average Bonchev–Trinajstić information content (AvgIpc) is 3.16. The molecule has 2 atom stereocenters. The highest BCUT2D eigenvalue weighted by atomic mass is 16.5. The maximum Gasteiger partial charge on any atom is 0.183 e. The highest BCUT2D eigenvalue weighted by Gasteiger charge is 2.30. The molecule has 0 aromatic carbocycles. The predicted molar refractivity (Wildman–Crippen MR) is 115 cm³/mol. The molecule has 1 aliphatic rings. The van der Waals surface area contributed by atoms with E-state index in [1.54, 1.807) is 0 Å². The standard InChI is InChI=1S/C22H35N5O2/c1-7-29-20(15(2)3)22-24-21(18-8-9-19(23-14-18)26(5)6)25-27(22)16(4)17-10-12-28-13-11-17/h8-9,14-17,20H,7,10-13H2,1-6H3. The Hall–Kier alpha value is -1.99. The lowest BCUT2D eigenvalue weighted by Crippen LogP contribution is -2.27. The molecule has 3 heterocycles. The van der Waals surface area contributed by atoms with Crippen LogP contribution in [0.3, 0.4) is 0 Å². The van der Waals surface area contributed by atoms with Crippen molar-refractivity contribution >= 4 is 5.82 Å². The summed E-state index contributed by atoms with van der Waals surface area (Å²) in [7, 11) is 3.97. The van der Waals surface area contributed by atoms with E-state index in [2.05, 4.69) is 30.4 Å². The number of hydrogen-bond acceptors (Lipinski definition) is 6. The van der Waals surface area contributed by atoms with Crippen LogP contribution < -0.4 is 4.90 Å². The molecule has 0 amide bonds. The summed E-state index contributed by atoms with van der Waals surface area (Å²) in [5.41, 5.74) is 0.925. The van der Waals surface area contributed by atoms with E-state index in [9.17, 15) is 0 Å². The van der Waals surface area contributed by atoms with Crippen molar-refractivity contribution in [3.63, 3.8) is 0 Å². The van der Waals surface area contributed by atoms with Crippen LogP contribution in [0.4, 0.5) is 5.82 Å². The number of pyridine rings is 1. The molecule has 0 bridgehead atoms. The Labute approximate surface area is 174 Å². The van der Waals surface area contributed by atoms with E-state index in [1.807, 2.05) is 44.2 Å². The molecule has 0 N–H and O–H groups in total. The van der Waals surface area contributed by atoms with Crippen molar-refractivity contribution in [2.45, 2.75) is 52.7 Å². The van der Waals surface area contributed by atoms with Crippen molar-refractivity contribution in [3.05, 3.63) is 24.2 Å².